The maximum Gasteiger partial charge on any atom is 0.303 e. The zero-order valence-electron chi connectivity index (χ0n) is 19.8. The Labute approximate surface area is 195 Å². The lowest BCUT2D eigenvalue weighted by Gasteiger charge is -2.40. The number of hydrogen-bond donors (Lipinski definition) is 3. The van der Waals surface area contributed by atoms with Crippen LogP contribution in [-0.2, 0) is 9.53 Å². The first-order valence-corrected chi connectivity index (χ1v) is 11.5. The van der Waals surface area contributed by atoms with Crippen LogP contribution in [0.25, 0.3) is 0 Å². The van der Waals surface area contributed by atoms with Gasteiger partial charge in [-0.2, -0.15) is 10.2 Å². The second-order valence-electron chi connectivity index (χ2n) is 9.23. The standard InChI is InChI=1S/C24H34N6O3/c1-15(2)14-30(18-6-8-19(33-4)9-7-18)21-10-5-17(16(3)11-23(31)32)12-20(21)26-24-27-22(13-25)28-29-24/h5,10,12,15-16,18-19H,6-9,11,14H2,1-4H3,(H,31,32)(H2,26,27,28,29)/t16-,18?,19?/m1/s1. The molecule has 1 atom stereocenters. The molecule has 0 aliphatic heterocycles. The SMILES string of the molecule is COC1CCC(N(CC(C)C)c2ccc([C@H](C)CC(=O)O)cc2Nc2n[nH]c(C#N)n2)CC1. The number of carbonyl (C=O) groups is 1. The van der Waals surface area contributed by atoms with E-state index in [0.29, 0.717) is 24.0 Å². The molecule has 33 heavy (non-hydrogen) atoms. The number of nitrogens with zero attached hydrogens (tertiary/aromatic N) is 4. The molecule has 9 nitrogen and oxygen atoms in total. The molecule has 1 aromatic carbocycles. The summed E-state index contributed by atoms with van der Waals surface area (Å²) in [6, 6.07) is 8.40. The zero-order valence-corrected chi connectivity index (χ0v) is 19.8. The van der Waals surface area contributed by atoms with Crippen LogP contribution >= 0.6 is 0 Å². The number of rotatable bonds is 10. The van der Waals surface area contributed by atoms with Crippen LogP contribution in [0.1, 0.15) is 70.2 Å². The molecule has 1 fully saturated rings. The first kappa shape index (κ1) is 24.5. The Bertz CT molecular complexity index is 975. The van der Waals surface area contributed by atoms with Gasteiger partial charge in [0.1, 0.15) is 6.07 Å². The van der Waals surface area contributed by atoms with Crippen molar-refractivity contribution in [3.8, 4) is 6.07 Å². The maximum absolute atomic E-state index is 11.3. The number of anilines is 3. The van der Waals surface area contributed by atoms with Gasteiger partial charge in [0.15, 0.2) is 0 Å². The topological polar surface area (TPSA) is 127 Å². The van der Waals surface area contributed by atoms with E-state index in [4.69, 9.17) is 10.00 Å². The third kappa shape index (κ3) is 6.45. The van der Waals surface area contributed by atoms with E-state index >= 15 is 0 Å². The molecule has 0 amide bonds. The van der Waals surface area contributed by atoms with Gasteiger partial charge in [-0.05, 0) is 55.2 Å². The predicted molar refractivity (Wildman–Crippen MR) is 127 cm³/mol. The van der Waals surface area contributed by atoms with E-state index in [1.165, 1.54) is 0 Å². The predicted octanol–water partition coefficient (Wildman–Crippen LogP) is 4.42. The number of aromatic nitrogens is 3. The summed E-state index contributed by atoms with van der Waals surface area (Å²) in [5.74, 6) is -0.0771. The summed E-state index contributed by atoms with van der Waals surface area (Å²) in [4.78, 5) is 17.9. The molecule has 1 aliphatic rings. The van der Waals surface area contributed by atoms with E-state index in [-0.39, 0.29) is 18.2 Å². The highest BCUT2D eigenvalue weighted by molar-refractivity contribution is 5.75. The largest absolute Gasteiger partial charge is 0.481 e. The molecular weight excluding hydrogens is 420 g/mol. The summed E-state index contributed by atoms with van der Waals surface area (Å²) in [5, 5.41) is 28.3. The molecule has 0 spiro atoms. The number of nitrogens with one attached hydrogen (secondary N) is 2. The highest BCUT2D eigenvalue weighted by atomic mass is 16.5. The van der Waals surface area contributed by atoms with Crippen LogP contribution in [0, 0.1) is 17.2 Å². The van der Waals surface area contributed by atoms with Crippen molar-refractivity contribution in [1.29, 1.82) is 5.26 Å². The average molecular weight is 455 g/mol. The molecule has 0 unspecified atom stereocenters. The van der Waals surface area contributed by atoms with Gasteiger partial charge in [-0.25, -0.2) is 5.10 Å². The Balaban J connectivity index is 1.98. The van der Waals surface area contributed by atoms with Crippen molar-refractivity contribution in [2.75, 3.05) is 23.9 Å². The molecule has 3 rings (SSSR count). The van der Waals surface area contributed by atoms with Crippen molar-refractivity contribution < 1.29 is 14.6 Å². The summed E-state index contributed by atoms with van der Waals surface area (Å²) in [6.45, 7) is 7.21. The monoisotopic (exact) mass is 454 g/mol. The van der Waals surface area contributed by atoms with Crippen LogP contribution in [-0.4, -0.2) is 52.1 Å². The van der Waals surface area contributed by atoms with E-state index < -0.39 is 5.97 Å². The summed E-state index contributed by atoms with van der Waals surface area (Å²) < 4.78 is 5.57. The van der Waals surface area contributed by atoms with Crippen molar-refractivity contribution in [2.24, 2.45) is 5.92 Å². The minimum atomic E-state index is -0.829. The lowest BCUT2D eigenvalue weighted by atomic mass is 9.90. The highest BCUT2D eigenvalue weighted by Crippen LogP contribution is 2.37. The van der Waals surface area contributed by atoms with Crippen LogP contribution < -0.4 is 10.2 Å². The number of nitriles is 1. The fourth-order valence-corrected chi connectivity index (χ4v) is 4.51. The summed E-state index contributed by atoms with van der Waals surface area (Å²) >= 11 is 0. The average Bonchev–Trinajstić information content (AvgIpc) is 3.25. The lowest BCUT2D eigenvalue weighted by molar-refractivity contribution is -0.137. The molecule has 1 aromatic heterocycles. The molecule has 1 heterocycles. The van der Waals surface area contributed by atoms with Gasteiger partial charge in [0.2, 0.25) is 11.8 Å². The van der Waals surface area contributed by atoms with Gasteiger partial charge in [0, 0.05) is 19.7 Å². The summed E-state index contributed by atoms with van der Waals surface area (Å²) in [7, 11) is 1.78. The first-order chi connectivity index (χ1) is 15.8. The summed E-state index contributed by atoms with van der Waals surface area (Å²) in [6.07, 6.45) is 4.51. The molecule has 1 saturated carbocycles. The number of aliphatic carboxylic acids is 1. The molecule has 2 aromatic rings. The number of H-pyrrole nitrogens is 1. The Morgan fingerprint density at radius 2 is 2.06 bits per heavy atom. The smallest absolute Gasteiger partial charge is 0.303 e. The second kappa shape index (κ2) is 11.1. The number of aromatic amines is 1. The highest BCUT2D eigenvalue weighted by Gasteiger charge is 2.28. The first-order valence-electron chi connectivity index (χ1n) is 11.5. The Morgan fingerprint density at radius 1 is 1.33 bits per heavy atom. The van der Waals surface area contributed by atoms with Gasteiger partial charge in [0.05, 0.1) is 23.9 Å². The molecule has 1 aliphatic carbocycles. The molecule has 9 heteroatoms. The maximum atomic E-state index is 11.3. The number of benzene rings is 1. The molecule has 0 saturated heterocycles. The van der Waals surface area contributed by atoms with Crippen LogP contribution in [0.5, 0.6) is 0 Å². The molecule has 3 N–H and O–H groups in total. The number of carboxylic acid groups (broad SMARTS) is 1. The van der Waals surface area contributed by atoms with Gasteiger partial charge in [-0.1, -0.05) is 26.8 Å². The van der Waals surface area contributed by atoms with E-state index in [2.05, 4.69) is 45.3 Å². The fraction of sp³-hybridized carbons (Fsp3) is 0.583. The fourth-order valence-electron chi connectivity index (χ4n) is 4.51. The Kier molecular flexibility index (Phi) is 8.28. The van der Waals surface area contributed by atoms with Crippen LogP contribution in [0.15, 0.2) is 18.2 Å². The van der Waals surface area contributed by atoms with Crippen molar-refractivity contribution >= 4 is 23.3 Å². The van der Waals surface area contributed by atoms with E-state index in [9.17, 15) is 9.90 Å². The molecule has 0 radical (unpaired) electrons. The van der Waals surface area contributed by atoms with Crippen molar-refractivity contribution in [3.63, 3.8) is 0 Å². The third-order valence-corrected chi connectivity index (χ3v) is 6.20. The molecular formula is C24H34N6O3. The van der Waals surface area contributed by atoms with E-state index in [1.54, 1.807) is 7.11 Å². The number of ether oxygens (including phenoxy) is 1. The quantitative estimate of drug-likeness (QED) is 0.481. The van der Waals surface area contributed by atoms with Crippen LogP contribution in [0.3, 0.4) is 0 Å². The van der Waals surface area contributed by atoms with Gasteiger partial charge < -0.3 is 20.1 Å². The summed E-state index contributed by atoms with van der Waals surface area (Å²) in [5.41, 5.74) is 2.76. The van der Waals surface area contributed by atoms with Crippen molar-refractivity contribution in [3.05, 3.63) is 29.6 Å². The molecule has 0 bridgehead atoms. The van der Waals surface area contributed by atoms with Gasteiger partial charge in [-0.3, -0.25) is 4.79 Å². The minimum Gasteiger partial charge on any atom is -0.481 e. The minimum absolute atomic E-state index is 0.0504. The van der Waals surface area contributed by atoms with Gasteiger partial charge in [-0.15, -0.1) is 5.10 Å². The van der Waals surface area contributed by atoms with Gasteiger partial charge >= 0.3 is 5.97 Å². The van der Waals surface area contributed by atoms with Crippen molar-refractivity contribution in [1.82, 2.24) is 15.2 Å². The lowest BCUT2D eigenvalue weighted by Crippen LogP contribution is -2.41. The number of carboxylic acids is 1. The Hall–Kier alpha value is -3.12. The molecule has 178 valence electrons. The van der Waals surface area contributed by atoms with Crippen molar-refractivity contribution in [2.45, 2.75) is 70.9 Å². The van der Waals surface area contributed by atoms with E-state index in [1.807, 2.05) is 25.1 Å². The van der Waals surface area contributed by atoms with Crippen LogP contribution in [0.4, 0.5) is 17.3 Å². The second-order valence-corrected chi connectivity index (χ2v) is 9.23. The zero-order chi connectivity index (χ0) is 24.0. The van der Waals surface area contributed by atoms with Gasteiger partial charge in [0.25, 0.3) is 0 Å². The van der Waals surface area contributed by atoms with Crippen LogP contribution in [0.2, 0.25) is 0 Å². The Morgan fingerprint density at radius 3 is 2.64 bits per heavy atom. The third-order valence-electron chi connectivity index (χ3n) is 6.20. The number of hydrogen-bond acceptors (Lipinski definition) is 7. The number of methoxy groups -OCH3 is 1. The van der Waals surface area contributed by atoms with E-state index in [0.717, 1.165) is 49.2 Å². The normalized spacial score (nSPS) is 19.2.